The zero-order valence-corrected chi connectivity index (χ0v) is 19.2. The van der Waals surface area contributed by atoms with Crippen LogP contribution < -0.4 is 5.32 Å². The third kappa shape index (κ3) is 5.62. The van der Waals surface area contributed by atoms with Gasteiger partial charge in [-0.05, 0) is 35.7 Å². The molecule has 1 aliphatic rings. The number of hydrogen-bond acceptors (Lipinski definition) is 4. The quantitative estimate of drug-likeness (QED) is 0.524. The highest BCUT2D eigenvalue weighted by atomic mass is 35.5. The van der Waals surface area contributed by atoms with Crippen molar-refractivity contribution < 1.29 is 14.3 Å². The van der Waals surface area contributed by atoms with Crippen LogP contribution in [0.3, 0.4) is 0 Å². The number of carbonyl (C=O) groups is 2. The molecular formula is C27H27ClN2O3. The number of nitrogens with zero attached hydrogens (tertiary/aromatic N) is 1. The minimum atomic E-state index is -0.422. The van der Waals surface area contributed by atoms with Gasteiger partial charge in [0.05, 0.1) is 7.11 Å². The van der Waals surface area contributed by atoms with Crippen molar-refractivity contribution >= 4 is 23.5 Å². The van der Waals surface area contributed by atoms with E-state index in [2.05, 4.69) is 34.5 Å². The molecule has 1 N–H and O–H groups in total. The van der Waals surface area contributed by atoms with Crippen molar-refractivity contribution in [2.45, 2.75) is 24.4 Å². The van der Waals surface area contributed by atoms with Crippen molar-refractivity contribution in [1.82, 2.24) is 10.2 Å². The number of halogens is 1. The highest BCUT2D eigenvalue weighted by Crippen LogP contribution is 2.29. The van der Waals surface area contributed by atoms with Crippen LogP contribution in [0.15, 0.2) is 84.9 Å². The number of hydrogen-bond donors (Lipinski definition) is 1. The number of rotatable bonds is 7. The SMILES string of the molecule is COC(=O)[C@@H]1C[C@@H](NC(=O)c2cccc(Cl)c2)CN1CC(c1ccccc1)c1ccccc1. The molecule has 3 aromatic carbocycles. The van der Waals surface area contributed by atoms with Gasteiger partial charge in [0, 0.05) is 35.6 Å². The average molecular weight is 463 g/mol. The summed E-state index contributed by atoms with van der Waals surface area (Å²) in [6.07, 6.45) is 0.495. The van der Waals surface area contributed by atoms with Crippen LogP contribution in [0.25, 0.3) is 0 Å². The molecule has 0 unspecified atom stereocenters. The van der Waals surface area contributed by atoms with Gasteiger partial charge in [-0.15, -0.1) is 0 Å². The van der Waals surface area contributed by atoms with Crippen LogP contribution in [0.1, 0.15) is 33.8 Å². The lowest BCUT2D eigenvalue weighted by Crippen LogP contribution is -2.40. The third-order valence-electron chi connectivity index (χ3n) is 6.12. The molecule has 1 fully saturated rings. The zero-order valence-electron chi connectivity index (χ0n) is 18.5. The van der Waals surface area contributed by atoms with Crippen LogP contribution in [-0.2, 0) is 9.53 Å². The van der Waals surface area contributed by atoms with Gasteiger partial charge in [0.2, 0.25) is 0 Å². The second-order valence-electron chi connectivity index (χ2n) is 8.28. The van der Waals surface area contributed by atoms with E-state index in [0.29, 0.717) is 30.1 Å². The van der Waals surface area contributed by atoms with E-state index in [4.69, 9.17) is 16.3 Å². The van der Waals surface area contributed by atoms with E-state index in [1.54, 1.807) is 24.3 Å². The number of benzene rings is 3. The van der Waals surface area contributed by atoms with Crippen LogP contribution in [0, 0.1) is 0 Å². The fourth-order valence-corrected chi connectivity index (χ4v) is 4.69. The van der Waals surface area contributed by atoms with Crippen LogP contribution in [0.4, 0.5) is 0 Å². The van der Waals surface area contributed by atoms with E-state index in [-0.39, 0.29) is 23.8 Å². The summed E-state index contributed by atoms with van der Waals surface area (Å²) in [5.74, 6) is -0.396. The van der Waals surface area contributed by atoms with Crippen molar-refractivity contribution in [3.63, 3.8) is 0 Å². The Hall–Kier alpha value is -3.15. The first kappa shape index (κ1) is 23.0. The van der Waals surface area contributed by atoms with Gasteiger partial charge < -0.3 is 10.1 Å². The number of esters is 1. The fraction of sp³-hybridized carbons (Fsp3) is 0.259. The van der Waals surface area contributed by atoms with Gasteiger partial charge in [0.15, 0.2) is 0 Å². The monoisotopic (exact) mass is 462 g/mol. The van der Waals surface area contributed by atoms with Crippen molar-refractivity contribution in [3.05, 3.63) is 107 Å². The van der Waals surface area contributed by atoms with Crippen LogP contribution in [0.5, 0.6) is 0 Å². The Balaban J connectivity index is 1.55. The summed E-state index contributed by atoms with van der Waals surface area (Å²) in [5.41, 5.74) is 2.86. The molecule has 33 heavy (non-hydrogen) atoms. The normalized spacial score (nSPS) is 18.3. The Kier molecular flexibility index (Phi) is 7.43. The maximum atomic E-state index is 12.8. The van der Waals surface area contributed by atoms with E-state index in [1.807, 2.05) is 36.4 Å². The lowest BCUT2D eigenvalue weighted by molar-refractivity contribution is -0.145. The molecule has 1 saturated heterocycles. The Labute approximate surface area is 199 Å². The van der Waals surface area contributed by atoms with Gasteiger partial charge in [-0.1, -0.05) is 78.3 Å². The molecule has 4 rings (SSSR count). The molecule has 6 heteroatoms. The summed E-state index contributed by atoms with van der Waals surface area (Å²) >= 11 is 6.04. The Morgan fingerprint density at radius 2 is 1.64 bits per heavy atom. The number of ether oxygens (including phenoxy) is 1. The average Bonchev–Trinajstić information content (AvgIpc) is 3.25. The predicted molar refractivity (Wildman–Crippen MR) is 129 cm³/mol. The van der Waals surface area contributed by atoms with Gasteiger partial charge >= 0.3 is 5.97 Å². The first-order valence-electron chi connectivity index (χ1n) is 11.0. The second kappa shape index (κ2) is 10.6. The molecule has 170 valence electrons. The largest absolute Gasteiger partial charge is 0.468 e. The molecule has 1 heterocycles. The zero-order chi connectivity index (χ0) is 23.2. The topological polar surface area (TPSA) is 58.6 Å². The number of nitrogens with one attached hydrogen (secondary N) is 1. The lowest BCUT2D eigenvalue weighted by Gasteiger charge is -2.28. The van der Waals surface area contributed by atoms with Gasteiger partial charge in [0.25, 0.3) is 5.91 Å². The predicted octanol–water partition coefficient (Wildman–Crippen LogP) is 4.52. The minimum absolute atomic E-state index is 0.0851. The van der Waals surface area contributed by atoms with Gasteiger partial charge in [0.1, 0.15) is 6.04 Å². The lowest BCUT2D eigenvalue weighted by atomic mass is 9.90. The van der Waals surface area contributed by atoms with E-state index < -0.39 is 6.04 Å². The molecule has 5 nitrogen and oxygen atoms in total. The second-order valence-corrected chi connectivity index (χ2v) is 8.72. The minimum Gasteiger partial charge on any atom is -0.468 e. The molecule has 0 radical (unpaired) electrons. The summed E-state index contributed by atoms with van der Waals surface area (Å²) in [6.45, 7) is 1.19. The summed E-state index contributed by atoms with van der Waals surface area (Å²) in [5, 5.41) is 3.58. The summed E-state index contributed by atoms with van der Waals surface area (Å²) < 4.78 is 5.10. The smallest absolute Gasteiger partial charge is 0.323 e. The molecule has 1 amide bonds. The molecule has 0 spiro atoms. The van der Waals surface area contributed by atoms with Crippen LogP contribution >= 0.6 is 11.6 Å². The van der Waals surface area contributed by atoms with Crippen molar-refractivity contribution in [3.8, 4) is 0 Å². The fourth-order valence-electron chi connectivity index (χ4n) is 4.50. The number of likely N-dealkylation sites (tertiary alicyclic amines) is 1. The summed E-state index contributed by atoms with van der Waals surface area (Å²) in [4.78, 5) is 27.5. The number of amides is 1. The van der Waals surface area contributed by atoms with E-state index in [1.165, 1.54) is 18.2 Å². The number of carbonyl (C=O) groups excluding carboxylic acids is 2. The van der Waals surface area contributed by atoms with Gasteiger partial charge in [-0.2, -0.15) is 0 Å². The maximum absolute atomic E-state index is 12.8. The van der Waals surface area contributed by atoms with Crippen LogP contribution in [-0.4, -0.2) is 49.1 Å². The van der Waals surface area contributed by atoms with Gasteiger partial charge in [-0.3, -0.25) is 14.5 Å². The molecule has 0 aliphatic carbocycles. The first-order chi connectivity index (χ1) is 16.0. The summed E-state index contributed by atoms with van der Waals surface area (Å²) in [7, 11) is 1.41. The van der Waals surface area contributed by atoms with E-state index >= 15 is 0 Å². The highest BCUT2D eigenvalue weighted by Gasteiger charge is 2.39. The van der Waals surface area contributed by atoms with Crippen LogP contribution in [0.2, 0.25) is 5.02 Å². The third-order valence-corrected chi connectivity index (χ3v) is 6.35. The van der Waals surface area contributed by atoms with Crippen molar-refractivity contribution in [1.29, 1.82) is 0 Å². The standard InChI is InChI=1S/C27H27ClN2O3/c1-33-27(32)25-16-23(29-26(31)21-13-8-14-22(28)15-21)17-30(25)18-24(19-9-4-2-5-10-19)20-11-6-3-7-12-20/h2-15,23-25H,16-18H2,1H3,(H,29,31)/t23-,25+/m1/s1. The molecule has 0 saturated carbocycles. The summed E-state index contributed by atoms with van der Waals surface area (Å²) in [6, 6.07) is 26.8. The molecule has 3 aromatic rings. The molecule has 2 atom stereocenters. The maximum Gasteiger partial charge on any atom is 0.323 e. The van der Waals surface area contributed by atoms with Gasteiger partial charge in [-0.25, -0.2) is 0 Å². The Bertz CT molecular complexity index is 1050. The van der Waals surface area contributed by atoms with E-state index in [0.717, 1.165) is 0 Å². The van der Waals surface area contributed by atoms with Crippen molar-refractivity contribution in [2.24, 2.45) is 0 Å². The first-order valence-corrected chi connectivity index (χ1v) is 11.4. The molecule has 1 aliphatic heterocycles. The Morgan fingerprint density at radius 1 is 1.00 bits per heavy atom. The van der Waals surface area contributed by atoms with Crippen molar-refractivity contribution in [2.75, 3.05) is 20.2 Å². The van der Waals surface area contributed by atoms with E-state index in [9.17, 15) is 9.59 Å². The molecule has 0 bridgehead atoms. The molecular weight excluding hydrogens is 436 g/mol. The highest BCUT2D eigenvalue weighted by molar-refractivity contribution is 6.30. The Morgan fingerprint density at radius 3 is 2.21 bits per heavy atom. The number of methoxy groups -OCH3 is 1. The molecule has 0 aromatic heterocycles.